The number of hydrogen-bond acceptors (Lipinski definition) is 23. The third-order valence-corrected chi connectivity index (χ3v) is 15.4. The summed E-state index contributed by atoms with van der Waals surface area (Å²) in [6.45, 7) is 8.73. The van der Waals surface area contributed by atoms with Crippen LogP contribution in [0.15, 0.2) is 12.5 Å². The number of aromatic amines is 1. The second-order valence-electron chi connectivity index (χ2n) is 24.1. The van der Waals surface area contributed by atoms with Crippen LogP contribution in [0, 0.1) is 5.92 Å². The number of nitrogens with two attached hydrogens (primary N) is 1. The number of carbonyl (C=O) groups excluding carboxylic acids is 9. The van der Waals surface area contributed by atoms with Crippen molar-refractivity contribution in [2.75, 3.05) is 145 Å². The highest BCUT2D eigenvalue weighted by atomic mass is 16.5. The normalized spacial score (nSPS) is 12.3. The first-order chi connectivity index (χ1) is 48.3. The Morgan fingerprint density at radius 2 is 0.920 bits per heavy atom. The molecule has 1 aromatic heterocycles. The van der Waals surface area contributed by atoms with Crippen LogP contribution < -0.4 is 37.6 Å². The van der Waals surface area contributed by atoms with Gasteiger partial charge in [0.2, 0.25) is 29.5 Å². The van der Waals surface area contributed by atoms with Crippen LogP contribution in [0.1, 0.15) is 187 Å². The lowest BCUT2D eigenvalue weighted by molar-refractivity contribution is -0.142. The van der Waals surface area contributed by atoms with E-state index in [2.05, 4.69) is 41.9 Å². The number of ketones is 4. The minimum atomic E-state index is -1.20. The van der Waals surface area contributed by atoms with E-state index in [4.69, 9.17) is 53.8 Å². The summed E-state index contributed by atoms with van der Waals surface area (Å²) in [5, 5.41) is 42.9. The van der Waals surface area contributed by atoms with Gasteiger partial charge >= 0.3 is 11.9 Å². The number of H-pyrrole nitrogens is 1. The quantitative estimate of drug-likeness (QED) is 0.0417. The summed E-state index contributed by atoms with van der Waals surface area (Å²) < 4.78 is 43.1. The number of Topliss-reactive ketones (excluding diaryl/α,β-unsaturated/α-hetero) is 4. The Kier molecular flexibility index (Phi) is 63.0. The van der Waals surface area contributed by atoms with Crippen molar-refractivity contribution in [1.82, 2.24) is 41.9 Å². The highest BCUT2D eigenvalue weighted by molar-refractivity contribution is 5.86. The first kappa shape index (κ1) is 93.7. The van der Waals surface area contributed by atoms with Gasteiger partial charge in [0.05, 0.1) is 97.7 Å². The molecule has 0 saturated heterocycles. The smallest absolute Gasteiger partial charge is 0.326 e. The summed E-state index contributed by atoms with van der Waals surface area (Å²) in [6, 6.07) is -2.17. The topological polar surface area (TPSA) is 449 Å². The Hall–Kier alpha value is -6.26. The van der Waals surface area contributed by atoms with Crippen LogP contribution in [0.5, 0.6) is 0 Å². The molecule has 1 aromatic rings. The molecule has 0 aromatic carbocycles. The summed E-state index contributed by atoms with van der Waals surface area (Å²) in [7, 11) is 0. The van der Waals surface area contributed by atoms with Gasteiger partial charge in [-0.1, -0.05) is 90.4 Å². The lowest BCUT2D eigenvalue weighted by atomic mass is 9.90. The van der Waals surface area contributed by atoms with E-state index in [9.17, 15) is 57.8 Å². The van der Waals surface area contributed by atoms with E-state index in [1.165, 1.54) is 58.7 Å². The molecule has 1 rings (SSSR count). The van der Waals surface area contributed by atoms with E-state index in [0.717, 1.165) is 50.6 Å². The van der Waals surface area contributed by atoms with Crippen molar-refractivity contribution in [2.45, 2.75) is 206 Å². The largest absolute Gasteiger partial charge is 0.481 e. The maximum Gasteiger partial charge on any atom is 0.326 e. The van der Waals surface area contributed by atoms with Gasteiger partial charge in [-0.25, -0.2) is 9.78 Å². The molecule has 31 heteroatoms. The van der Waals surface area contributed by atoms with Crippen molar-refractivity contribution < 1.29 is 106 Å². The average molecular weight is 1430 g/mol. The molecule has 0 saturated carbocycles. The first-order valence-corrected chi connectivity index (χ1v) is 35.8. The Balaban J connectivity index is 0.0000101. The first-order valence-electron chi connectivity index (χ1n) is 35.8. The standard InChI is InChI=1S/C63H110N8O20.C6H13NO2/c1-50(72)51(23-25-56(74)54(64)43-52-44-65-49-70-52)19-16-17-27-66-59(77)46-90-41-38-87-34-30-69-60(78)47-89-40-35-84-31-18-20-53(73)45-88-39-36-86-33-29-68-61(79)48-91-42-37-85-32-28-67-57(75)26-24-55(63(82)83)71-58(76)21-14-12-10-8-6-4-2-3-5-7-9-11-13-15-22-62(80)81;1-3-7-6(4-8)5(2)9/h44,49,51,54-55H,2-43,45-48,64H2,1H3,(H,65,70)(H,66,77)(H,67,75)(H,68,79)(H,69,78)(H,71,76)(H,80,81)(H,82,83);6-8H,3-4H2,1-2H3/t51?,54-,55-;6-/m00/s1. The molecule has 0 spiro atoms. The van der Waals surface area contributed by atoms with Gasteiger partial charge in [-0.05, 0) is 65.3 Å². The number of amides is 5. The monoisotopic (exact) mass is 1430 g/mol. The predicted octanol–water partition coefficient (Wildman–Crippen LogP) is 3.17. The number of carboxylic acid groups (broad SMARTS) is 2. The average Bonchev–Trinajstić information content (AvgIpc) is 1.84. The number of rotatable bonds is 71. The van der Waals surface area contributed by atoms with Crippen LogP contribution in [0.25, 0.3) is 0 Å². The minimum Gasteiger partial charge on any atom is -0.481 e. The molecule has 0 aliphatic carbocycles. The van der Waals surface area contributed by atoms with Gasteiger partial charge in [0.1, 0.15) is 49.8 Å². The molecule has 0 fully saturated rings. The van der Waals surface area contributed by atoms with Crippen molar-refractivity contribution in [3.8, 4) is 0 Å². The van der Waals surface area contributed by atoms with Crippen molar-refractivity contribution >= 4 is 64.6 Å². The van der Waals surface area contributed by atoms with Crippen LogP contribution in [0.3, 0.4) is 0 Å². The van der Waals surface area contributed by atoms with Gasteiger partial charge in [-0.3, -0.25) is 47.9 Å². The lowest BCUT2D eigenvalue weighted by Gasteiger charge is -2.15. The van der Waals surface area contributed by atoms with E-state index >= 15 is 0 Å². The van der Waals surface area contributed by atoms with Crippen molar-refractivity contribution in [1.29, 1.82) is 0 Å². The van der Waals surface area contributed by atoms with Gasteiger partial charge in [0.15, 0.2) is 5.78 Å². The van der Waals surface area contributed by atoms with E-state index in [-0.39, 0.29) is 228 Å². The fourth-order valence-corrected chi connectivity index (χ4v) is 9.64. The number of hydrogen-bond donors (Lipinski definition) is 11. The number of aliphatic carboxylic acids is 2. The fraction of sp³-hybridized carbons (Fsp3) is 0.797. The number of carbonyl (C=O) groups is 11. The molecule has 4 atom stereocenters. The number of unbranched alkanes of at least 4 members (excludes halogenated alkanes) is 14. The molecule has 0 aliphatic rings. The van der Waals surface area contributed by atoms with Crippen LogP contribution in [-0.2, 0) is 97.1 Å². The number of nitrogens with zero attached hydrogens (tertiary/aromatic N) is 1. The molecule has 1 heterocycles. The number of aliphatic hydroxyl groups excluding tert-OH is 1. The number of carboxylic acids is 2. The van der Waals surface area contributed by atoms with E-state index in [1.807, 2.05) is 6.92 Å². The van der Waals surface area contributed by atoms with Gasteiger partial charge in [0.25, 0.3) is 0 Å². The number of ether oxygens (including phenoxy) is 8. The lowest BCUT2D eigenvalue weighted by Crippen LogP contribution is -2.41. The third-order valence-electron chi connectivity index (χ3n) is 15.4. The van der Waals surface area contributed by atoms with Gasteiger partial charge in [-0.15, -0.1) is 0 Å². The van der Waals surface area contributed by atoms with E-state index in [1.54, 1.807) is 6.20 Å². The summed E-state index contributed by atoms with van der Waals surface area (Å²) in [6.07, 6.45) is 22.3. The third kappa shape index (κ3) is 61.6. The number of aliphatic hydroxyl groups is 1. The van der Waals surface area contributed by atoms with Crippen LogP contribution in [0.2, 0.25) is 0 Å². The molecular formula is C69H123N9O22. The molecule has 1 unspecified atom stereocenters. The van der Waals surface area contributed by atoms with Crippen LogP contribution >= 0.6 is 0 Å². The number of nitrogens with one attached hydrogen (secondary N) is 7. The Labute approximate surface area is 591 Å². The van der Waals surface area contributed by atoms with Crippen molar-refractivity contribution in [3.63, 3.8) is 0 Å². The Bertz CT molecular complexity index is 2320. The fourth-order valence-electron chi connectivity index (χ4n) is 9.64. The van der Waals surface area contributed by atoms with Crippen LogP contribution in [-0.4, -0.2) is 253 Å². The highest BCUT2D eigenvalue weighted by Gasteiger charge is 2.22. The van der Waals surface area contributed by atoms with E-state index < -0.39 is 24.0 Å². The zero-order valence-corrected chi connectivity index (χ0v) is 60.0. The van der Waals surface area contributed by atoms with Crippen LogP contribution in [0.4, 0.5) is 0 Å². The predicted molar refractivity (Wildman–Crippen MR) is 371 cm³/mol. The van der Waals surface area contributed by atoms with Gasteiger partial charge in [0, 0.05) is 89.1 Å². The molecule has 31 nitrogen and oxygen atoms in total. The SMILES string of the molecule is CC(=O)C(CCCCNC(=O)COCCOCCNC(=O)COCCOCCCC(=O)COCCOCCNC(=O)COCCOCCNC(=O)CC[C@H](NC(=O)CCCCCCCCCCCCCCCCC(=O)O)C(=O)O)CCC(=O)[C@@H](N)Cc1cnc[nH]1.CCN[C@@H](CO)C(C)=O. The zero-order valence-electron chi connectivity index (χ0n) is 60.0. The molecule has 12 N–H and O–H groups in total. The van der Waals surface area contributed by atoms with Gasteiger partial charge < -0.3 is 95.8 Å². The molecule has 100 heavy (non-hydrogen) atoms. The Morgan fingerprint density at radius 3 is 1.36 bits per heavy atom. The highest BCUT2D eigenvalue weighted by Crippen LogP contribution is 2.18. The maximum absolute atomic E-state index is 12.5. The number of imidazole rings is 1. The summed E-state index contributed by atoms with van der Waals surface area (Å²) in [5.74, 6) is -3.95. The molecular weight excluding hydrogens is 1310 g/mol. The number of likely N-dealkylation sites (N-methyl/N-ethyl adjacent to an activating group) is 1. The molecule has 0 radical (unpaired) electrons. The Morgan fingerprint density at radius 1 is 0.460 bits per heavy atom. The molecule has 5 amide bonds. The molecule has 0 bridgehead atoms. The van der Waals surface area contributed by atoms with E-state index in [0.29, 0.717) is 64.6 Å². The second-order valence-corrected chi connectivity index (χ2v) is 24.1. The van der Waals surface area contributed by atoms with Gasteiger partial charge in [-0.2, -0.15) is 0 Å². The second kappa shape index (κ2) is 67.2. The summed E-state index contributed by atoms with van der Waals surface area (Å²) >= 11 is 0. The number of aromatic nitrogens is 2. The van der Waals surface area contributed by atoms with Crippen molar-refractivity contribution in [2.24, 2.45) is 11.7 Å². The molecule has 0 aliphatic heterocycles. The minimum absolute atomic E-state index is 0.0145. The summed E-state index contributed by atoms with van der Waals surface area (Å²) in [4.78, 5) is 137. The van der Waals surface area contributed by atoms with Crippen molar-refractivity contribution in [3.05, 3.63) is 18.2 Å². The summed E-state index contributed by atoms with van der Waals surface area (Å²) in [5.41, 5.74) is 6.80. The maximum atomic E-state index is 12.5. The zero-order chi connectivity index (χ0) is 73.9. The molecule has 576 valence electrons.